The average molecular weight is 434 g/mol. The van der Waals surface area contributed by atoms with Crippen molar-refractivity contribution in [2.24, 2.45) is 0 Å². The Morgan fingerprint density at radius 2 is 1.81 bits per heavy atom. The summed E-state index contributed by atoms with van der Waals surface area (Å²) < 4.78 is 4.31. The monoisotopic (exact) mass is 433 g/mol. The van der Waals surface area contributed by atoms with Crippen LogP contribution in [0.3, 0.4) is 0 Å². The van der Waals surface area contributed by atoms with Crippen molar-refractivity contribution in [2.45, 2.75) is 53.2 Å². The van der Waals surface area contributed by atoms with Gasteiger partial charge in [0.05, 0.1) is 17.4 Å². The van der Waals surface area contributed by atoms with Crippen LogP contribution < -0.4 is 16.6 Å². The first-order chi connectivity index (χ1) is 15.2. The fourth-order valence-electron chi connectivity index (χ4n) is 3.92. The van der Waals surface area contributed by atoms with Gasteiger partial charge in [0.15, 0.2) is 0 Å². The number of aromatic nitrogens is 4. The highest BCUT2D eigenvalue weighted by Crippen LogP contribution is 2.17. The summed E-state index contributed by atoms with van der Waals surface area (Å²) in [6, 6.07) is 12.4. The van der Waals surface area contributed by atoms with E-state index in [4.69, 9.17) is 0 Å². The van der Waals surface area contributed by atoms with Gasteiger partial charge in [-0.25, -0.2) is 13.9 Å². The number of carbonyl (C=O) groups is 1. The summed E-state index contributed by atoms with van der Waals surface area (Å²) in [5.41, 5.74) is 2.18. The van der Waals surface area contributed by atoms with E-state index in [1.165, 1.54) is 13.6 Å². The zero-order valence-corrected chi connectivity index (χ0v) is 18.9. The van der Waals surface area contributed by atoms with Crippen LogP contribution in [-0.2, 0) is 6.54 Å². The number of hydrogen-bond acceptors (Lipinski definition) is 4. The van der Waals surface area contributed by atoms with Gasteiger partial charge in [-0.3, -0.25) is 14.2 Å². The molecule has 0 spiro atoms. The predicted octanol–water partition coefficient (Wildman–Crippen LogP) is 2.89. The fourth-order valence-corrected chi connectivity index (χ4v) is 3.92. The molecule has 0 fully saturated rings. The molecule has 0 bridgehead atoms. The second kappa shape index (κ2) is 8.11. The van der Waals surface area contributed by atoms with Gasteiger partial charge in [0.25, 0.3) is 11.5 Å². The molecular formula is C24H27N5O3. The number of aryl methyl sites for hydroxylation is 1. The third kappa shape index (κ3) is 3.72. The van der Waals surface area contributed by atoms with Crippen LogP contribution in [0.5, 0.6) is 0 Å². The van der Waals surface area contributed by atoms with Crippen LogP contribution in [0.15, 0.2) is 52.1 Å². The van der Waals surface area contributed by atoms with Gasteiger partial charge in [-0.2, -0.15) is 0 Å². The molecule has 8 heteroatoms. The van der Waals surface area contributed by atoms with Gasteiger partial charge >= 0.3 is 5.69 Å². The van der Waals surface area contributed by atoms with E-state index in [1.807, 2.05) is 58.9 Å². The molecule has 2 aromatic heterocycles. The van der Waals surface area contributed by atoms with Crippen LogP contribution in [0.2, 0.25) is 0 Å². The van der Waals surface area contributed by atoms with Gasteiger partial charge in [-0.15, -0.1) is 5.10 Å². The number of fused-ring (bicyclic) bond motifs is 3. The average Bonchev–Trinajstić information content (AvgIpc) is 3.02. The molecule has 1 amide bonds. The van der Waals surface area contributed by atoms with Crippen molar-refractivity contribution in [3.63, 3.8) is 0 Å². The van der Waals surface area contributed by atoms with E-state index >= 15 is 0 Å². The Hall–Kier alpha value is -3.68. The Morgan fingerprint density at radius 3 is 2.47 bits per heavy atom. The summed E-state index contributed by atoms with van der Waals surface area (Å²) in [7, 11) is 0. The molecular weight excluding hydrogens is 406 g/mol. The first-order valence-electron chi connectivity index (χ1n) is 10.7. The summed E-state index contributed by atoms with van der Waals surface area (Å²) in [5, 5.41) is 7.73. The molecule has 0 unspecified atom stereocenters. The number of nitrogens with zero attached hydrogens (tertiary/aromatic N) is 4. The van der Waals surface area contributed by atoms with Crippen molar-refractivity contribution < 1.29 is 4.79 Å². The highest BCUT2D eigenvalue weighted by atomic mass is 16.2. The second-order valence-corrected chi connectivity index (χ2v) is 8.69. The standard InChI is InChI=1S/C24H27N5O3/c1-14(2)25-21(30)18-9-10-19-20(12-18)29-23(28(15(3)4)22(19)31)26-27(24(29)32)13-17-8-6-7-16(5)11-17/h6-12,14-15H,13H2,1-5H3,(H,25,30). The second-order valence-electron chi connectivity index (χ2n) is 8.69. The fraction of sp³-hybridized carbons (Fsp3) is 0.333. The molecule has 0 aliphatic carbocycles. The topological polar surface area (TPSA) is 90.4 Å². The third-order valence-corrected chi connectivity index (χ3v) is 5.34. The van der Waals surface area contributed by atoms with Crippen LogP contribution in [0.4, 0.5) is 0 Å². The minimum absolute atomic E-state index is 0.0352. The van der Waals surface area contributed by atoms with Crippen molar-refractivity contribution in [1.29, 1.82) is 0 Å². The minimum Gasteiger partial charge on any atom is -0.350 e. The predicted molar refractivity (Wildman–Crippen MR) is 124 cm³/mol. The van der Waals surface area contributed by atoms with Crippen molar-refractivity contribution >= 4 is 22.6 Å². The highest BCUT2D eigenvalue weighted by molar-refractivity contribution is 5.98. The maximum Gasteiger partial charge on any atom is 0.352 e. The van der Waals surface area contributed by atoms with Crippen LogP contribution in [0.25, 0.3) is 16.7 Å². The van der Waals surface area contributed by atoms with E-state index < -0.39 is 0 Å². The number of hydrogen-bond donors (Lipinski definition) is 1. The Kier molecular flexibility index (Phi) is 5.46. The van der Waals surface area contributed by atoms with Crippen LogP contribution >= 0.6 is 0 Å². The van der Waals surface area contributed by atoms with Gasteiger partial charge in [0.1, 0.15) is 0 Å². The van der Waals surface area contributed by atoms with Crippen molar-refractivity contribution in [3.8, 4) is 0 Å². The Labute approximate surface area is 185 Å². The van der Waals surface area contributed by atoms with E-state index in [0.717, 1.165) is 11.1 Å². The first-order valence-corrected chi connectivity index (χ1v) is 10.7. The van der Waals surface area contributed by atoms with Gasteiger partial charge < -0.3 is 5.32 Å². The maximum atomic E-state index is 13.4. The number of amides is 1. The molecule has 166 valence electrons. The maximum absolute atomic E-state index is 13.4. The summed E-state index contributed by atoms with van der Waals surface area (Å²) in [4.78, 5) is 39.2. The SMILES string of the molecule is Cc1cccc(Cn2nc3n(C(C)C)c(=O)c4ccc(C(=O)NC(C)C)cc4n3c2=O)c1. The number of rotatable bonds is 5. The van der Waals surface area contributed by atoms with Gasteiger partial charge in [0, 0.05) is 17.6 Å². The summed E-state index contributed by atoms with van der Waals surface area (Å²) in [5.74, 6) is -0.000129. The van der Waals surface area contributed by atoms with Gasteiger partial charge in [-0.1, -0.05) is 29.8 Å². The van der Waals surface area contributed by atoms with E-state index in [-0.39, 0.29) is 41.6 Å². The highest BCUT2D eigenvalue weighted by Gasteiger charge is 2.20. The van der Waals surface area contributed by atoms with E-state index in [2.05, 4.69) is 10.4 Å². The summed E-state index contributed by atoms with van der Waals surface area (Å²) in [6.45, 7) is 9.77. The van der Waals surface area contributed by atoms with Crippen LogP contribution in [0.1, 0.15) is 55.2 Å². The molecule has 4 aromatic rings. The minimum atomic E-state index is -0.359. The lowest BCUT2D eigenvalue weighted by atomic mass is 10.1. The molecule has 0 saturated heterocycles. The van der Waals surface area contributed by atoms with Crippen molar-refractivity contribution in [2.75, 3.05) is 0 Å². The molecule has 4 rings (SSSR count). The van der Waals surface area contributed by atoms with E-state index in [9.17, 15) is 14.4 Å². The molecule has 32 heavy (non-hydrogen) atoms. The molecule has 8 nitrogen and oxygen atoms in total. The number of nitrogens with one attached hydrogen (secondary N) is 1. The third-order valence-electron chi connectivity index (χ3n) is 5.34. The molecule has 0 aliphatic heterocycles. The van der Waals surface area contributed by atoms with Crippen molar-refractivity contribution in [1.82, 2.24) is 24.1 Å². The lowest BCUT2D eigenvalue weighted by molar-refractivity contribution is 0.0943. The van der Waals surface area contributed by atoms with Gasteiger partial charge in [-0.05, 0) is 58.4 Å². The first kappa shape index (κ1) is 21.5. The molecule has 0 atom stereocenters. The lowest BCUT2D eigenvalue weighted by Crippen LogP contribution is -2.31. The Morgan fingerprint density at radius 1 is 1.06 bits per heavy atom. The number of benzene rings is 2. The Bertz CT molecular complexity index is 1460. The largest absolute Gasteiger partial charge is 0.352 e. The molecule has 2 heterocycles. The van der Waals surface area contributed by atoms with E-state index in [1.54, 1.807) is 18.2 Å². The van der Waals surface area contributed by atoms with Crippen LogP contribution in [-0.4, -0.2) is 30.7 Å². The normalized spacial score (nSPS) is 11.7. The quantitative estimate of drug-likeness (QED) is 0.524. The van der Waals surface area contributed by atoms with Gasteiger partial charge in [0.2, 0.25) is 5.78 Å². The summed E-state index contributed by atoms with van der Waals surface area (Å²) >= 11 is 0. The van der Waals surface area contributed by atoms with Crippen LogP contribution in [0, 0.1) is 6.92 Å². The molecule has 0 saturated carbocycles. The molecule has 0 aliphatic rings. The molecule has 2 aromatic carbocycles. The summed E-state index contributed by atoms with van der Waals surface area (Å²) in [6.07, 6.45) is 0. The number of carbonyl (C=O) groups excluding carboxylic acids is 1. The molecule has 0 radical (unpaired) electrons. The smallest absolute Gasteiger partial charge is 0.350 e. The lowest BCUT2D eigenvalue weighted by Gasteiger charge is -2.13. The zero-order chi connectivity index (χ0) is 23.2. The zero-order valence-electron chi connectivity index (χ0n) is 18.9. The molecule has 1 N–H and O–H groups in total. The van der Waals surface area contributed by atoms with Crippen molar-refractivity contribution in [3.05, 3.63) is 80.0 Å². The Balaban J connectivity index is 2.00. The van der Waals surface area contributed by atoms with E-state index in [0.29, 0.717) is 16.5 Å².